The molecule has 5 nitrogen and oxygen atoms in total. The van der Waals surface area contributed by atoms with Crippen LogP contribution in [0.25, 0.3) is 0 Å². The van der Waals surface area contributed by atoms with E-state index in [0.717, 1.165) is 69.6 Å². The van der Waals surface area contributed by atoms with Gasteiger partial charge < -0.3 is 14.5 Å². The molecule has 5 heteroatoms. The van der Waals surface area contributed by atoms with Gasteiger partial charge in [-0.3, -0.25) is 9.78 Å². The fourth-order valence-electron chi connectivity index (χ4n) is 4.42. The van der Waals surface area contributed by atoms with Crippen molar-refractivity contribution in [2.24, 2.45) is 0 Å². The van der Waals surface area contributed by atoms with Crippen molar-refractivity contribution in [3.05, 3.63) is 59.9 Å². The molecule has 1 amide bonds. The third-order valence-electron chi connectivity index (χ3n) is 6.13. The van der Waals surface area contributed by atoms with Crippen molar-refractivity contribution in [3.63, 3.8) is 0 Å². The second-order valence-corrected chi connectivity index (χ2v) is 8.29. The van der Waals surface area contributed by atoms with E-state index in [4.69, 9.17) is 4.74 Å². The molecular weight excluding hydrogens is 362 g/mol. The Hall–Kier alpha value is -2.40. The number of carbonyl (C=O) groups excluding carboxylic acids is 1. The highest BCUT2D eigenvalue weighted by Crippen LogP contribution is 2.23. The number of benzene rings is 1. The van der Waals surface area contributed by atoms with Gasteiger partial charge in [0.2, 0.25) is 0 Å². The van der Waals surface area contributed by atoms with Gasteiger partial charge in [-0.1, -0.05) is 12.1 Å². The largest absolute Gasteiger partial charge is 0.490 e. The van der Waals surface area contributed by atoms with E-state index in [9.17, 15) is 4.79 Å². The highest BCUT2D eigenvalue weighted by molar-refractivity contribution is 5.94. The molecule has 0 bridgehead atoms. The quantitative estimate of drug-likeness (QED) is 0.749. The first-order valence-electron chi connectivity index (χ1n) is 10.9. The van der Waals surface area contributed by atoms with E-state index in [-0.39, 0.29) is 12.0 Å². The first kappa shape index (κ1) is 19.9. The molecular formula is C24H31N3O2. The predicted octanol–water partition coefficient (Wildman–Crippen LogP) is 3.79. The van der Waals surface area contributed by atoms with Gasteiger partial charge in [0.25, 0.3) is 5.91 Å². The summed E-state index contributed by atoms with van der Waals surface area (Å²) in [5.41, 5.74) is 2.03. The van der Waals surface area contributed by atoms with Crippen LogP contribution in [-0.4, -0.2) is 59.0 Å². The van der Waals surface area contributed by atoms with Gasteiger partial charge in [0, 0.05) is 50.2 Å². The third kappa shape index (κ3) is 5.15. The summed E-state index contributed by atoms with van der Waals surface area (Å²) in [5.74, 6) is 0.948. The van der Waals surface area contributed by atoms with Crippen LogP contribution in [0.5, 0.6) is 5.75 Å². The van der Waals surface area contributed by atoms with Crippen molar-refractivity contribution in [2.75, 3.05) is 26.2 Å². The normalized spacial score (nSPS) is 19.3. The zero-order valence-electron chi connectivity index (χ0n) is 17.3. The first-order valence-corrected chi connectivity index (χ1v) is 10.9. The van der Waals surface area contributed by atoms with Crippen LogP contribution < -0.4 is 4.74 Å². The number of hydrogen-bond acceptors (Lipinski definition) is 4. The molecule has 2 aromatic rings. The predicted molar refractivity (Wildman–Crippen MR) is 114 cm³/mol. The number of aromatic nitrogens is 1. The van der Waals surface area contributed by atoms with Crippen LogP contribution in [0.15, 0.2) is 48.8 Å². The molecule has 1 aromatic carbocycles. The van der Waals surface area contributed by atoms with Crippen molar-refractivity contribution >= 4 is 5.91 Å². The Bertz CT molecular complexity index is 797. The maximum atomic E-state index is 12.6. The monoisotopic (exact) mass is 393 g/mol. The molecule has 2 saturated heterocycles. The summed E-state index contributed by atoms with van der Waals surface area (Å²) in [7, 11) is 0. The molecule has 0 saturated carbocycles. The van der Waals surface area contributed by atoms with E-state index < -0.39 is 0 Å². The minimum Gasteiger partial charge on any atom is -0.490 e. The molecule has 2 aliphatic heterocycles. The zero-order chi connectivity index (χ0) is 20.1. The van der Waals surface area contributed by atoms with Crippen molar-refractivity contribution in [2.45, 2.75) is 51.2 Å². The third-order valence-corrected chi connectivity index (χ3v) is 6.13. The van der Waals surface area contributed by atoms with Gasteiger partial charge in [-0.05, 0) is 68.9 Å². The van der Waals surface area contributed by atoms with Crippen LogP contribution in [0.2, 0.25) is 0 Å². The highest BCUT2D eigenvalue weighted by atomic mass is 16.5. The molecule has 2 fully saturated rings. The van der Waals surface area contributed by atoms with Gasteiger partial charge in [0.1, 0.15) is 11.9 Å². The minimum atomic E-state index is 0.131. The van der Waals surface area contributed by atoms with E-state index in [2.05, 4.69) is 22.9 Å². The van der Waals surface area contributed by atoms with Crippen molar-refractivity contribution in [1.29, 1.82) is 0 Å². The lowest BCUT2D eigenvalue weighted by Gasteiger charge is -2.36. The summed E-state index contributed by atoms with van der Waals surface area (Å²) in [6.45, 7) is 6.12. The van der Waals surface area contributed by atoms with Crippen LogP contribution in [0.1, 0.15) is 48.5 Å². The molecule has 0 aliphatic carbocycles. The number of nitrogens with zero attached hydrogens (tertiary/aromatic N) is 3. The van der Waals surface area contributed by atoms with Crippen molar-refractivity contribution in [3.8, 4) is 5.75 Å². The van der Waals surface area contributed by atoms with E-state index in [1.165, 1.54) is 5.56 Å². The number of pyridine rings is 1. The maximum Gasteiger partial charge on any atom is 0.253 e. The molecule has 3 heterocycles. The lowest BCUT2D eigenvalue weighted by Crippen LogP contribution is -2.43. The van der Waals surface area contributed by atoms with Gasteiger partial charge in [-0.15, -0.1) is 0 Å². The number of piperidine rings is 1. The van der Waals surface area contributed by atoms with Crippen LogP contribution in [0.4, 0.5) is 0 Å². The van der Waals surface area contributed by atoms with E-state index in [1.54, 1.807) is 0 Å². The molecule has 1 aromatic heterocycles. The van der Waals surface area contributed by atoms with Crippen LogP contribution >= 0.6 is 0 Å². The highest BCUT2D eigenvalue weighted by Gasteiger charge is 2.25. The molecule has 2 aliphatic rings. The number of amides is 1. The van der Waals surface area contributed by atoms with Gasteiger partial charge in [0.05, 0.1) is 0 Å². The fourth-order valence-corrected chi connectivity index (χ4v) is 4.42. The Kier molecular flexibility index (Phi) is 6.45. The molecule has 0 unspecified atom stereocenters. The average Bonchev–Trinajstić information content (AvgIpc) is 3.29. The molecule has 29 heavy (non-hydrogen) atoms. The Morgan fingerprint density at radius 1 is 1.14 bits per heavy atom. The Morgan fingerprint density at radius 2 is 1.93 bits per heavy atom. The van der Waals surface area contributed by atoms with Crippen LogP contribution in [0, 0.1) is 0 Å². The topological polar surface area (TPSA) is 45.7 Å². The molecule has 4 rings (SSSR count). The summed E-state index contributed by atoms with van der Waals surface area (Å²) >= 11 is 0. The minimum absolute atomic E-state index is 0.131. The summed E-state index contributed by atoms with van der Waals surface area (Å²) < 4.78 is 6.25. The van der Waals surface area contributed by atoms with Crippen LogP contribution in [0.3, 0.4) is 0 Å². The number of rotatable bonds is 6. The standard InChI is InChI=1S/C24H31N3O2/c1-19(16-20-6-5-11-25-18-20)26-14-9-22(10-15-26)29-23-8-4-7-21(17-23)24(28)27-12-2-3-13-27/h4-8,11,17-19,22H,2-3,9-10,12-16H2,1H3/t19-/m0/s1. The van der Waals surface area contributed by atoms with Gasteiger partial charge in [-0.2, -0.15) is 0 Å². The van der Waals surface area contributed by atoms with Crippen molar-refractivity contribution < 1.29 is 9.53 Å². The Morgan fingerprint density at radius 3 is 2.66 bits per heavy atom. The number of carbonyl (C=O) groups is 1. The average molecular weight is 394 g/mol. The smallest absolute Gasteiger partial charge is 0.253 e. The second kappa shape index (κ2) is 9.40. The summed E-state index contributed by atoms with van der Waals surface area (Å²) in [6.07, 6.45) is 9.28. The molecule has 0 radical (unpaired) electrons. The summed E-state index contributed by atoms with van der Waals surface area (Å²) in [6, 6.07) is 12.4. The van der Waals surface area contributed by atoms with E-state index >= 15 is 0 Å². The van der Waals surface area contributed by atoms with E-state index in [0.29, 0.717) is 6.04 Å². The molecule has 0 N–H and O–H groups in total. The SMILES string of the molecule is C[C@@H](Cc1cccnc1)N1CCC(Oc2cccc(C(=O)N3CCCC3)c2)CC1. The maximum absolute atomic E-state index is 12.6. The van der Waals surface area contributed by atoms with Gasteiger partial charge >= 0.3 is 0 Å². The molecule has 1 atom stereocenters. The Labute approximate surface area is 173 Å². The van der Waals surface area contributed by atoms with Crippen LogP contribution in [-0.2, 0) is 6.42 Å². The number of ether oxygens (including phenoxy) is 1. The number of hydrogen-bond donors (Lipinski definition) is 0. The van der Waals surface area contributed by atoms with E-state index in [1.807, 2.05) is 47.6 Å². The first-order chi connectivity index (χ1) is 14.2. The number of likely N-dealkylation sites (tertiary alicyclic amines) is 2. The second-order valence-electron chi connectivity index (χ2n) is 8.29. The molecule has 154 valence electrons. The summed E-state index contributed by atoms with van der Waals surface area (Å²) in [5, 5.41) is 0. The Balaban J connectivity index is 1.28. The zero-order valence-corrected chi connectivity index (χ0v) is 17.3. The van der Waals surface area contributed by atoms with Gasteiger partial charge in [0.15, 0.2) is 0 Å². The van der Waals surface area contributed by atoms with Gasteiger partial charge in [-0.25, -0.2) is 0 Å². The fraction of sp³-hybridized carbons (Fsp3) is 0.500. The lowest BCUT2D eigenvalue weighted by molar-refractivity contribution is 0.0772. The summed E-state index contributed by atoms with van der Waals surface area (Å²) in [4.78, 5) is 21.3. The molecule has 0 spiro atoms. The van der Waals surface area contributed by atoms with Crippen molar-refractivity contribution in [1.82, 2.24) is 14.8 Å². The lowest BCUT2D eigenvalue weighted by atomic mass is 10.0.